The Bertz CT molecular complexity index is 423. The van der Waals surface area contributed by atoms with E-state index in [2.05, 4.69) is 34.0 Å². The Morgan fingerprint density at radius 1 is 1.48 bits per heavy atom. The third-order valence-corrected chi connectivity index (χ3v) is 5.67. The van der Waals surface area contributed by atoms with Crippen molar-refractivity contribution in [1.82, 2.24) is 15.2 Å². The molecule has 21 heavy (non-hydrogen) atoms. The van der Waals surface area contributed by atoms with E-state index < -0.39 is 0 Å². The van der Waals surface area contributed by atoms with Crippen molar-refractivity contribution >= 4 is 29.1 Å². The second kappa shape index (κ2) is 8.63. The number of thiazole rings is 1. The summed E-state index contributed by atoms with van der Waals surface area (Å²) >= 11 is 3.55. The van der Waals surface area contributed by atoms with Gasteiger partial charge in [-0.1, -0.05) is 25.6 Å². The summed E-state index contributed by atoms with van der Waals surface area (Å²) in [4.78, 5) is 11.1. The van der Waals surface area contributed by atoms with Gasteiger partial charge in [0.05, 0.1) is 0 Å². The fourth-order valence-electron chi connectivity index (χ4n) is 2.88. The number of nitrogens with one attached hydrogen (secondary N) is 1. The second-order valence-corrected chi connectivity index (χ2v) is 8.06. The highest BCUT2D eigenvalue weighted by molar-refractivity contribution is 8.00. The Morgan fingerprint density at radius 2 is 2.24 bits per heavy atom. The Morgan fingerprint density at radius 3 is 2.86 bits per heavy atom. The van der Waals surface area contributed by atoms with Crippen LogP contribution in [0.5, 0.6) is 0 Å². The molecular weight excluding hydrogens is 300 g/mol. The van der Waals surface area contributed by atoms with Crippen molar-refractivity contribution in [3.05, 3.63) is 11.6 Å². The van der Waals surface area contributed by atoms with Crippen LogP contribution in [0.1, 0.15) is 26.7 Å². The van der Waals surface area contributed by atoms with E-state index >= 15 is 0 Å². The highest BCUT2D eigenvalue weighted by atomic mass is 32.2. The molecule has 0 saturated carbocycles. The maximum absolute atomic E-state index is 4.44. The Labute approximate surface area is 136 Å². The lowest BCUT2D eigenvalue weighted by atomic mass is 9.92. The Hall–Kier alpha value is -0.750. The molecule has 1 N–H and O–H groups in total. The number of aliphatic imine (C=N–C) groups is 1. The third kappa shape index (κ3) is 5.51. The number of hydrogen-bond donors (Lipinski definition) is 1. The standard InChI is InChI=1S/C15H26N4S2/c1-12-9-13(2)11-19(10-12)14(16-3)17-5-4-7-20-15-18-6-8-21-15/h6,8,12-13H,4-5,7,9-11H2,1-3H3,(H,16,17). The van der Waals surface area contributed by atoms with E-state index in [1.54, 1.807) is 11.3 Å². The summed E-state index contributed by atoms with van der Waals surface area (Å²) in [5.74, 6) is 3.68. The summed E-state index contributed by atoms with van der Waals surface area (Å²) in [6.07, 6.45) is 4.33. The van der Waals surface area contributed by atoms with Crippen LogP contribution in [0, 0.1) is 11.8 Å². The minimum Gasteiger partial charge on any atom is -0.356 e. The van der Waals surface area contributed by atoms with Crippen LogP contribution >= 0.6 is 23.1 Å². The zero-order valence-corrected chi connectivity index (χ0v) is 14.8. The van der Waals surface area contributed by atoms with Gasteiger partial charge in [0.15, 0.2) is 5.96 Å². The fraction of sp³-hybridized carbons (Fsp3) is 0.733. The number of guanidine groups is 1. The van der Waals surface area contributed by atoms with Crippen LogP contribution in [0.2, 0.25) is 0 Å². The van der Waals surface area contributed by atoms with E-state index in [0.717, 1.165) is 53.9 Å². The summed E-state index contributed by atoms with van der Waals surface area (Å²) in [6.45, 7) is 7.89. The number of piperidine rings is 1. The summed E-state index contributed by atoms with van der Waals surface area (Å²) in [6, 6.07) is 0. The first-order valence-electron chi connectivity index (χ1n) is 7.67. The van der Waals surface area contributed by atoms with Gasteiger partial charge in [-0.25, -0.2) is 4.98 Å². The molecular formula is C15H26N4S2. The third-order valence-electron chi connectivity index (χ3n) is 3.62. The molecule has 1 aliphatic heterocycles. The minimum absolute atomic E-state index is 0.757. The van der Waals surface area contributed by atoms with Crippen molar-refractivity contribution in [2.24, 2.45) is 16.8 Å². The molecule has 0 aliphatic carbocycles. The normalized spacial score (nSPS) is 23.4. The first-order valence-corrected chi connectivity index (χ1v) is 9.53. The van der Waals surface area contributed by atoms with Crippen molar-refractivity contribution in [2.45, 2.75) is 31.0 Å². The maximum atomic E-state index is 4.44. The van der Waals surface area contributed by atoms with Crippen molar-refractivity contribution in [2.75, 3.05) is 32.4 Å². The quantitative estimate of drug-likeness (QED) is 0.390. The molecule has 0 amide bonds. The molecule has 4 nitrogen and oxygen atoms in total. The van der Waals surface area contributed by atoms with Gasteiger partial charge in [0.25, 0.3) is 0 Å². The number of aromatic nitrogens is 1. The second-order valence-electron chi connectivity index (χ2n) is 5.83. The van der Waals surface area contributed by atoms with Crippen LogP contribution in [0.15, 0.2) is 20.9 Å². The number of likely N-dealkylation sites (tertiary alicyclic amines) is 1. The van der Waals surface area contributed by atoms with Crippen molar-refractivity contribution in [3.63, 3.8) is 0 Å². The van der Waals surface area contributed by atoms with Crippen LogP contribution in [-0.2, 0) is 0 Å². The van der Waals surface area contributed by atoms with Crippen LogP contribution < -0.4 is 5.32 Å². The molecule has 1 aromatic rings. The number of rotatable bonds is 5. The molecule has 0 radical (unpaired) electrons. The predicted molar refractivity (Wildman–Crippen MR) is 93.3 cm³/mol. The van der Waals surface area contributed by atoms with E-state index in [4.69, 9.17) is 0 Å². The van der Waals surface area contributed by atoms with Crippen LogP contribution in [0.25, 0.3) is 0 Å². The lowest BCUT2D eigenvalue weighted by Gasteiger charge is -2.37. The summed E-state index contributed by atoms with van der Waals surface area (Å²) in [5, 5.41) is 5.53. The van der Waals surface area contributed by atoms with Gasteiger partial charge in [-0.15, -0.1) is 11.3 Å². The van der Waals surface area contributed by atoms with Gasteiger partial charge in [-0.2, -0.15) is 0 Å². The van der Waals surface area contributed by atoms with Gasteiger partial charge in [0.1, 0.15) is 4.34 Å². The lowest BCUT2D eigenvalue weighted by Crippen LogP contribution is -2.48. The Balaban J connectivity index is 1.68. The van der Waals surface area contributed by atoms with Gasteiger partial charge in [0, 0.05) is 44.0 Å². The van der Waals surface area contributed by atoms with Crippen LogP contribution in [0.4, 0.5) is 0 Å². The molecule has 1 fully saturated rings. The lowest BCUT2D eigenvalue weighted by molar-refractivity contribution is 0.208. The number of nitrogens with zero attached hydrogens (tertiary/aromatic N) is 3. The smallest absolute Gasteiger partial charge is 0.193 e. The van der Waals surface area contributed by atoms with Crippen molar-refractivity contribution in [1.29, 1.82) is 0 Å². The highest BCUT2D eigenvalue weighted by Crippen LogP contribution is 2.21. The topological polar surface area (TPSA) is 40.5 Å². The van der Waals surface area contributed by atoms with Crippen molar-refractivity contribution < 1.29 is 0 Å². The van der Waals surface area contributed by atoms with Crippen LogP contribution in [-0.4, -0.2) is 48.3 Å². The minimum atomic E-state index is 0.757. The van der Waals surface area contributed by atoms with Gasteiger partial charge in [-0.05, 0) is 24.7 Å². The number of thioether (sulfide) groups is 1. The molecule has 1 aliphatic rings. The highest BCUT2D eigenvalue weighted by Gasteiger charge is 2.23. The predicted octanol–water partition coefficient (Wildman–Crippen LogP) is 3.18. The average Bonchev–Trinajstić information content (AvgIpc) is 2.95. The molecule has 0 aromatic carbocycles. The maximum Gasteiger partial charge on any atom is 0.193 e. The summed E-state index contributed by atoms with van der Waals surface area (Å²) in [5.41, 5.74) is 0. The van der Waals surface area contributed by atoms with Gasteiger partial charge in [-0.3, -0.25) is 4.99 Å². The molecule has 1 saturated heterocycles. The largest absolute Gasteiger partial charge is 0.356 e. The van der Waals surface area contributed by atoms with E-state index in [9.17, 15) is 0 Å². The van der Waals surface area contributed by atoms with Gasteiger partial charge < -0.3 is 10.2 Å². The summed E-state index contributed by atoms with van der Waals surface area (Å²) in [7, 11) is 1.89. The van der Waals surface area contributed by atoms with E-state index in [1.807, 2.05) is 30.4 Å². The molecule has 2 rings (SSSR count). The first kappa shape index (κ1) is 16.6. The molecule has 118 valence electrons. The van der Waals surface area contributed by atoms with E-state index in [1.165, 1.54) is 6.42 Å². The van der Waals surface area contributed by atoms with Gasteiger partial charge >= 0.3 is 0 Å². The Kier molecular flexibility index (Phi) is 6.83. The molecule has 0 spiro atoms. The monoisotopic (exact) mass is 326 g/mol. The van der Waals surface area contributed by atoms with Gasteiger partial charge in [0.2, 0.25) is 0 Å². The summed E-state index contributed by atoms with van der Waals surface area (Å²) < 4.78 is 1.16. The van der Waals surface area contributed by atoms with E-state index in [0.29, 0.717) is 0 Å². The van der Waals surface area contributed by atoms with Crippen molar-refractivity contribution in [3.8, 4) is 0 Å². The van der Waals surface area contributed by atoms with E-state index in [-0.39, 0.29) is 0 Å². The molecule has 0 bridgehead atoms. The SMILES string of the molecule is CN=C(NCCCSc1nccs1)N1CC(C)CC(C)C1. The molecule has 1 aromatic heterocycles. The number of hydrogen-bond acceptors (Lipinski definition) is 4. The fourth-order valence-corrected chi connectivity index (χ4v) is 4.53. The molecule has 2 unspecified atom stereocenters. The average molecular weight is 327 g/mol. The molecule has 2 atom stereocenters. The zero-order valence-electron chi connectivity index (χ0n) is 13.2. The van der Waals surface area contributed by atoms with Crippen LogP contribution in [0.3, 0.4) is 0 Å². The zero-order chi connectivity index (χ0) is 15.1. The molecule has 6 heteroatoms. The molecule has 2 heterocycles. The first-order chi connectivity index (χ1) is 10.2.